The van der Waals surface area contributed by atoms with Gasteiger partial charge in [0.25, 0.3) is 5.91 Å². The lowest BCUT2D eigenvalue weighted by Gasteiger charge is -2.41. The molecule has 0 aliphatic carbocycles. The molecule has 0 bridgehead atoms. The maximum atomic E-state index is 15.3. The monoisotopic (exact) mass is 804 g/mol. The van der Waals surface area contributed by atoms with E-state index in [0.29, 0.717) is 36.2 Å². The molecule has 1 unspecified atom stereocenters. The molecule has 15 heteroatoms. The number of rotatable bonds is 11. The molecule has 2 heterocycles. The van der Waals surface area contributed by atoms with Crippen LogP contribution in [-0.4, -0.2) is 106 Å². The Morgan fingerprint density at radius 3 is 1.89 bits per heavy atom. The van der Waals surface area contributed by atoms with Gasteiger partial charge in [-0.05, 0) is 68.3 Å². The van der Waals surface area contributed by atoms with Crippen molar-refractivity contribution in [2.24, 2.45) is 0 Å². The summed E-state index contributed by atoms with van der Waals surface area (Å²) < 4.78 is 34.8. The lowest BCUT2D eigenvalue weighted by Crippen LogP contribution is -2.62. The van der Waals surface area contributed by atoms with Gasteiger partial charge in [0.15, 0.2) is 5.66 Å². The van der Waals surface area contributed by atoms with E-state index in [1.807, 2.05) is 43.0 Å². The van der Waals surface area contributed by atoms with E-state index in [1.54, 1.807) is 48.0 Å². The molecule has 2 aliphatic rings. The Morgan fingerprint density at radius 1 is 0.943 bits per heavy atom. The molecule has 2 amide bonds. The van der Waals surface area contributed by atoms with Crippen LogP contribution in [-0.2, 0) is 25.3 Å². The van der Waals surface area contributed by atoms with Gasteiger partial charge in [0.1, 0.15) is 5.75 Å². The van der Waals surface area contributed by atoms with Gasteiger partial charge in [0, 0.05) is 74.5 Å². The first-order valence-corrected chi connectivity index (χ1v) is 19.4. The Balaban J connectivity index is 0.00000627. The van der Waals surface area contributed by atoms with E-state index in [1.165, 1.54) is 26.2 Å². The number of sulfonamides is 1. The van der Waals surface area contributed by atoms with Crippen LogP contribution in [0.3, 0.4) is 0 Å². The SMILES string of the molecule is C#Cc1cc(OCC)c(C2(C(=O)N3CCN(CC(=O)N(C)C(C)C)CC3)N[C@H](c3ccc(Cl)cc3)[C@H](c3ccc(Cl)cc3)N2)cc1S(=O)(=O)N(C)C.Cl. The van der Waals surface area contributed by atoms with Crippen LogP contribution >= 0.6 is 35.6 Å². The van der Waals surface area contributed by atoms with Crippen molar-refractivity contribution in [1.29, 1.82) is 0 Å². The normalized spacial score (nSPS) is 20.6. The number of benzene rings is 3. The second kappa shape index (κ2) is 17.4. The zero-order valence-corrected chi connectivity index (χ0v) is 33.9. The van der Waals surface area contributed by atoms with E-state index in [0.717, 1.165) is 15.4 Å². The molecule has 3 atom stereocenters. The van der Waals surface area contributed by atoms with Crippen molar-refractivity contribution in [3.63, 3.8) is 0 Å². The molecular weight excluding hydrogens is 759 g/mol. The highest BCUT2D eigenvalue weighted by molar-refractivity contribution is 7.89. The van der Waals surface area contributed by atoms with Gasteiger partial charge in [0.05, 0.1) is 30.1 Å². The van der Waals surface area contributed by atoms with Gasteiger partial charge in [-0.1, -0.05) is 53.4 Å². The molecule has 0 aromatic heterocycles. The van der Waals surface area contributed by atoms with Crippen molar-refractivity contribution in [3.8, 4) is 18.1 Å². The summed E-state index contributed by atoms with van der Waals surface area (Å²) in [5.41, 5.74) is 0.338. The van der Waals surface area contributed by atoms with E-state index in [9.17, 15) is 13.2 Å². The molecule has 5 rings (SSSR count). The molecule has 11 nitrogen and oxygen atoms in total. The molecule has 286 valence electrons. The van der Waals surface area contributed by atoms with Crippen LogP contribution in [0.2, 0.25) is 10.0 Å². The number of likely N-dealkylation sites (N-methyl/N-ethyl adjacent to an activating group) is 1. The van der Waals surface area contributed by atoms with Crippen molar-refractivity contribution < 1.29 is 22.7 Å². The molecule has 53 heavy (non-hydrogen) atoms. The molecule has 3 aromatic carbocycles. The van der Waals surface area contributed by atoms with Gasteiger partial charge in [-0.2, -0.15) is 0 Å². The van der Waals surface area contributed by atoms with E-state index >= 15 is 4.79 Å². The molecule has 2 saturated heterocycles. The van der Waals surface area contributed by atoms with Crippen LogP contribution in [0.1, 0.15) is 55.1 Å². The molecule has 3 aromatic rings. The van der Waals surface area contributed by atoms with E-state index in [2.05, 4.69) is 16.6 Å². The Morgan fingerprint density at radius 2 is 1.45 bits per heavy atom. The number of nitrogens with zero attached hydrogens (tertiary/aromatic N) is 4. The van der Waals surface area contributed by atoms with Crippen molar-refractivity contribution >= 4 is 57.4 Å². The first kappa shape index (κ1) is 42.4. The number of terminal acetylenes is 1. The molecular formula is C38H47Cl3N6O5S. The predicted molar refractivity (Wildman–Crippen MR) is 211 cm³/mol. The maximum absolute atomic E-state index is 15.3. The van der Waals surface area contributed by atoms with Crippen LogP contribution < -0.4 is 15.4 Å². The molecule has 0 saturated carbocycles. The maximum Gasteiger partial charge on any atom is 0.262 e. The predicted octanol–water partition coefficient (Wildman–Crippen LogP) is 4.88. The van der Waals surface area contributed by atoms with Crippen LogP contribution in [0.5, 0.6) is 5.75 Å². The Kier molecular flexibility index (Phi) is 13.9. The largest absolute Gasteiger partial charge is 0.493 e. The van der Waals surface area contributed by atoms with Crippen LogP contribution in [0.4, 0.5) is 0 Å². The standard InChI is InChI=1S/C38H46Cl2N6O5S.ClH/c1-8-26-22-32(51-9-2)31(23-33(26)52(49,50)43(5)6)38(37(48)46-20-18-45(19-21-46)24-34(47)44(7)25(3)4)41-35(27-10-14-29(39)15-11-27)36(42-38)28-12-16-30(40)17-13-28;/h1,10-17,22-23,25,35-36,41-42H,9,18-21,24H2,2-7H3;1H/t35-,36+,38?;. The average Bonchev–Trinajstić information content (AvgIpc) is 3.53. The van der Waals surface area contributed by atoms with Crippen molar-refractivity contribution in [2.75, 3.05) is 60.5 Å². The number of carbonyl (C=O) groups is 2. The summed E-state index contributed by atoms with van der Waals surface area (Å²) in [6.07, 6.45) is 5.88. The minimum Gasteiger partial charge on any atom is -0.493 e. The van der Waals surface area contributed by atoms with E-state index in [-0.39, 0.29) is 65.2 Å². The van der Waals surface area contributed by atoms with E-state index < -0.39 is 27.8 Å². The summed E-state index contributed by atoms with van der Waals surface area (Å²) in [7, 11) is 0.566. The third-order valence-corrected chi connectivity index (χ3v) is 12.1. The van der Waals surface area contributed by atoms with Gasteiger partial charge >= 0.3 is 0 Å². The Hall–Kier alpha value is -3.38. The molecule has 2 aliphatic heterocycles. The van der Waals surface area contributed by atoms with Crippen LogP contribution in [0, 0.1) is 12.3 Å². The third-order valence-electron chi connectivity index (χ3n) is 9.74. The quantitative estimate of drug-likeness (QED) is 0.264. The van der Waals surface area contributed by atoms with Crippen molar-refractivity contribution in [2.45, 2.75) is 49.5 Å². The number of nitrogens with one attached hydrogen (secondary N) is 2. The molecule has 2 fully saturated rings. The number of hydrogen-bond donors (Lipinski definition) is 2. The number of amides is 2. The highest BCUT2D eigenvalue weighted by atomic mass is 35.5. The van der Waals surface area contributed by atoms with Crippen LogP contribution in [0.15, 0.2) is 65.6 Å². The molecule has 2 N–H and O–H groups in total. The fourth-order valence-corrected chi connectivity index (χ4v) is 7.86. The number of carbonyl (C=O) groups excluding carboxylic acids is 2. The lowest BCUT2D eigenvalue weighted by atomic mass is 9.94. The fraction of sp³-hybridized carbons (Fsp3) is 0.421. The zero-order valence-electron chi connectivity index (χ0n) is 30.7. The number of halogens is 3. The van der Waals surface area contributed by atoms with Crippen molar-refractivity contribution in [1.82, 2.24) is 29.6 Å². The Bertz CT molecular complexity index is 1880. The number of ether oxygens (including phenoxy) is 1. The van der Waals surface area contributed by atoms with Crippen LogP contribution in [0.25, 0.3) is 0 Å². The third kappa shape index (κ3) is 8.79. The fourth-order valence-electron chi connectivity index (χ4n) is 6.55. The summed E-state index contributed by atoms with van der Waals surface area (Å²) in [5.74, 6) is 2.44. The van der Waals surface area contributed by atoms with Gasteiger partial charge in [0.2, 0.25) is 15.9 Å². The highest BCUT2D eigenvalue weighted by Gasteiger charge is 2.55. The summed E-state index contributed by atoms with van der Waals surface area (Å²) in [6.45, 7) is 7.79. The lowest BCUT2D eigenvalue weighted by molar-refractivity contribution is -0.142. The summed E-state index contributed by atoms with van der Waals surface area (Å²) in [6, 6.07) is 16.7. The summed E-state index contributed by atoms with van der Waals surface area (Å²) in [5, 5.41) is 8.39. The van der Waals surface area contributed by atoms with E-state index in [4.69, 9.17) is 34.4 Å². The smallest absolute Gasteiger partial charge is 0.262 e. The number of piperazine rings is 1. The average molecular weight is 806 g/mol. The first-order valence-electron chi connectivity index (χ1n) is 17.2. The zero-order chi connectivity index (χ0) is 38.0. The topological polar surface area (TPSA) is 115 Å². The van der Waals surface area contributed by atoms with Gasteiger partial charge in [-0.25, -0.2) is 12.7 Å². The minimum absolute atomic E-state index is 0. The number of hydrogen-bond acceptors (Lipinski definition) is 8. The molecule has 0 radical (unpaired) electrons. The summed E-state index contributed by atoms with van der Waals surface area (Å²) >= 11 is 12.6. The minimum atomic E-state index is -4.07. The second-order valence-corrected chi connectivity index (χ2v) is 16.5. The van der Waals surface area contributed by atoms with Gasteiger partial charge in [-0.3, -0.25) is 25.1 Å². The Labute approximate surface area is 329 Å². The molecule has 0 spiro atoms. The summed E-state index contributed by atoms with van der Waals surface area (Å²) in [4.78, 5) is 33.6. The van der Waals surface area contributed by atoms with Crippen molar-refractivity contribution in [3.05, 3.63) is 93.0 Å². The first-order chi connectivity index (χ1) is 24.6. The highest BCUT2D eigenvalue weighted by Crippen LogP contribution is 2.46. The van der Waals surface area contributed by atoms with Gasteiger partial charge < -0.3 is 14.5 Å². The van der Waals surface area contributed by atoms with Gasteiger partial charge in [-0.15, -0.1) is 18.8 Å². The second-order valence-electron chi connectivity index (χ2n) is 13.5.